The maximum atomic E-state index is 11.6. The Morgan fingerprint density at radius 1 is 1.30 bits per heavy atom. The van der Waals surface area contributed by atoms with Gasteiger partial charge in [0.25, 0.3) is 0 Å². The van der Waals surface area contributed by atoms with Crippen LogP contribution in [0.4, 0.5) is 11.6 Å². The van der Waals surface area contributed by atoms with Crippen molar-refractivity contribution in [2.75, 3.05) is 30.8 Å². The van der Waals surface area contributed by atoms with Gasteiger partial charge in [-0.15, -0.1) is 0 Å². The van der Waals surface area contributed by atoms with Gasteiger partial charge < -0.3 is 16.0 Å². The lowest BCUT2D eigenvalue weighted by Gasteiger charge is -2.11. The molecule has 7 heteroatoms. The first-order valence-electron chi connectivity index (χ1n) is 6.48. The zero-order valence-electron chi connectivity index (χ0n) is 11.9. The maximum absolute atomic E-state index is 11.6. The predicted molar refractivity (Wildman–Crippen MR) is 84.8 cm³/mol. The first-order valence-corrected chi connectivity index (χ1v) is 7.24. The Morgan fingerprint density at radius 2 is 1.95 bits per heavy atom. The van der Waals surface area contributed by atoms with Crippen LogP contribution < -0.4 is 16.0 Å². The lowest BCUT2D eigenvalue weighted by atomic mass is 10.2. The lowest BCUT2D eigenvalue weighted by Crippen LogP contribution is -2.28. The van der Waals surface area contributed by atoms with Crippen LogP contribution in [0, 0.1) is 5.92 Å². The molecule has 112 valence electrons. The van der Waals surface area contributed by atoms with Gasteiger partial charge in [0.1, 0.15) is 11.6 Å². The van der Waals surface area contributed by atoms with Gasteiger partial charge in [-0.1, -0.05) is 37.0 Å². The van der Waals surface area contributed by atoms with Gasteiger partial charge >= 0.3 is 0 Å². The minimum absolute atomic E-state index is 0.00475. The van der Waals surface area contributed by atoms with Crippen molar-refractivity contribution >= 4 is 40.7 Å². The lowest BCUT2D eigenvalue weighted by molar-refractivity contribution is -0.120. The Labute approximate surface area is 129 Å². The van der Waals surface area contributed by atoms with E-state index in [2.05, 4.69) is 34.8 Å². The average molecular weight is 319 g/mol. The average Bonchev–Trinajstić information content (AvgIpc) is 2.39. The molecule has 5 nitrogen and oxygen atoms in total. The number of amides is 1. The molecule has 0 aliphatic rings. The van der Waals surface area contributed by atoms with Gasteiger partial charge in [0, 0.05) is 26.6 Å². The van der Waals surface area contributed by atoms with Crippen molar-refractivity contribution in [3.05, 3.63) is 16.1 Å². The van der Waals surface area contributed by atoms with Crippen molar-refractivity contribution in [2.45, 2.75) is 20.3 Å². The minimum Gasteiger partial charge on any atom is -0.372 e. The van der Waals surface area contributed by atoms with Crippen LogP contribution in [0.15, 0.2) is 6.07 Å². The molecule has 0 saturated heterocycles. The topological polar surface area (TPSA) is 66.0 Å². The Kier molecular flexibility index (Phi) is 6.88. The predicted octanol–water partition coefficient (Wildman–Crippen LogP) is 3.00. The third-order valence-corrected chi connectivity index (χ3v) is 3.09. The number of nitrogens with zero attached hydrogens (tertiary/aromatic N) is 1. The summed E-state index contributed by atoms with van der Waals surface area (Å²) in [6.07, 6.45) is 0.363. The fraction of sp³-hybridized carbons (Fsp3) is 0.538. The first-order chi connectivity index (χ1) is 9.43. The van der Waals surface area contributed by atoms with Crippen LogP contribution in [-0.4, -0.2) is 31.0 Å². The van der Waals surface area contributed by atoms with Crippen LogP contribution in [-0.2, 0) is 4.79 Å². The molecule has 1 heterocycles. The van der Waals surface area contributed by atoms with Crippen molar-refractivity contribution in [3.8, 4) is 0 Å². The van der Waals surface area contributed by atoms with Gasteiger partial charge in [-0.2, -0.15) is 0 Å². The van der Waals surface area contributed by atoms with Crippen molar-refractivity contribution in [2.24, 2.45) is 5.92 Å². The summed E-state index contributed by atoms with van der Waals surface area (Å²) in [6.45, 7) is 5.24. The van der Waals surface area contributed by atoms with E-state index >= 15 is 0 Å². The molecule has 1 rings (SSSR count). The van der Waals surface area contributed by atoms with Gasteiger partial charge in [0.05, 0.1) is 10.0 Å². The molecule has 0 aliphatic carbocycles. The molecule has 0 bridgehead atoms. The van der Waals surface area contributed by atoms with Gasteiger partial charge in [-0.25, -0.2) is 4.98 Å². The van der Waals surface area contributed by atoms with Gasteiger partial charge in [-0.3, -0.25) is 4.79 Å². The quantitative estimate of drug-likeness (QED) is 0.723. The molecular formula is C13H20Cl2N4O. The number of nitrogens with one attached hydrogen (secondary N) is 3. The standard InChI is InChI=1S/C13H20Cl2N4O/c1-8(2)7-18-11(20)4-5-17-13-10(15)6-9(14)12(16-3)19-13/h6,8H,4-5,7H2,1-3H3,(H,18,20)(H2,16,17,19). The molecule has 0 unspecified atom stereocenters. The summed E-state index contributed by atoms with van der Waals surface area (Å²) in [5, 5.41) is 9.64. The molecule has 0 aromatic carbocycles. The van der Waals surface area contributed by atoms with E-state index in [-0.39, 0.29) is 5.91 Å². The second-order valence-electron chi connectivity index (χ2n) is 4.77. The number of hydrogen-bond acceptors (Lipinski definition) is 4. The Bertz CT molecular complexity index is 466. The Morgan fingerprint density at radius 3 is 2.55 bits per heavy atom. The number of hydrogen-bond donors (Lipinski definition) is 3. The van der Waals surface area contributed by atoms with E-state index in [0.717, 1.165) is 0 Å². The number of pyridine rings is 1. The largest absolute Gasteiger partial charge is 0.372 e. The first kappa shape index (κ1) is 16.9. The SMILES string of the molecule is CNc1nc(NCCC(=O)NCC(C)C)c(Cl)cc1Cl. The molecule has 20 heavy (non-hydrogen) atoms. The molecule has 0 fully saturated rings. The van der Waals surface area contributed by atoms with E-state index in [1.807, 2.05) is 0 Å². The van der Waals surface area contributed by atoms with Crippen LogP contribution in [0.25, 0.3) is 0 Å². The summed E-state index contributed by atoms with van der Waals surface area (Å²) >= 11 is 12.0. The monoisotopic (exact) mass is 318 g/mol. The molecule has 1 aromatic rings. The smallest absolute Gasteiger partial charge is 0.221 e. The van der Waals surface area contributed by atoms with Crippen LogP contribution in [0.3, 0.4) is 0 Å². The second kappa shape index (κ2) is 8.17. The van der Waals surface area contributed by atoms with E-state index in [4.69, 9.17) is 23.2 Å². The summed E-state index contributed by atoms with van der Waals surface area (Å²) in [5.74, 6) is 1.50. The van der Waals surface area contributed by atoms with E-state index in [9.17, 15) is 4.79 Å². The highest BCUT2D eigenvalue weighted by Crippen LogP contribution is 2.28. The van der Waals surface area contributed by atoms with Gasteiger partial charge in [0.2, 0.25) is 5.91 Å². The van der Waals surface area contributed by atoms with Crippen molar-refractivity contribution in [1.29, 1.82) is 0 Å². The molecule has 1 aromatic heterocycles. The highest BCUT2D eigenvalue weighted by molar-refractivity contribution is 6.37. The Balaban J connectivity index is 2.48. The van der Waals surface area contributed by atoms with E-state index < -0.39 is 0 Å². The molecule has 0 spiro atoms. The highest BCUT2D eigenvalue weighted by atomic mass is 35.5. The molecule has 3 N–H and O–H groups in total. The van der Waals surface area contributed by atoms with Gasteiger partial charge in [-0.05, 0) is 12.0 Å². The minimum atomic E-state index is 0.00475. The van der Waals surface area contributed by atoms with Crippen molar-refractivity contribution in [1.82, 2.24) is 10.3 Å². The third-order valence-electron chi connectivity index (χ3n) is 2.52. The number of halogens is 2. The van der Waals surface area contributed by atoms with Gasteiger partial charge in [0.15, 0.2) is 0 Å². The molecule has 1 amide bonds. The van der Waals surface area contributed by atoms with Crippen LogP contribution >= 0.6 is 23.2 Å². The molecule has 0 saturated carbocycles. The molecule has 0 radical (unpaired) electrons. The molecular weight excluding hydrogens is 299 g/mol. The normalized spacial score (nSPS) is 10.5. The van der Waals surface area contributed by atoms with Crippen molar-refractivity contribution in [3.63, 3.8) is 0 Å². The van der Waals surface area contributed by atoms with E-state index in [0.29, 0.717) is 47.1 Å². The van der Waals surface area contributed by atoms with Crippen LogP contribution in [0.1, 0.15) is 20.3 Å². The summed E-state index contributed by atoms with van der Waals surface area (Å²) in [6, 6.07) is 1.61. The molecule has 0 atom stereocenters. The number of carbonyl (C=O) groups is 1. The zero-order chi connectivity index (χ0) is 15.1. The fourth-order valence-corrected chi connectivity index (χ4v) is 1.99. The number of carbonyl (C=O) groups excluding carboxylic acids is 1. The Hall–Kier alpha value is -1.20. The summed E-state index contributed by atoms with van der Waals surface area (Å²) in [4.78, 5) is 15.8. The highest BCUT2D eigenvalue weighted by Gasteiger charge is 2.09. The third kappa shape index (κ3) is 5.43. The molecule has 0 aliphatic heterocycles. The number of rotatable bonds is 7. The zero-order valence-corrected chi connectivity index (χ0v) is 13.4. The second-order valence-corrected chi connectivity index (χ2v) is 5.59. The summed E-state index contributed by atoms with van der Waals surface area (Å²) in [7, 11) is 1.73. The van der Waals surface area contributed by atoms with Crippen molar-refractivity contribution < 1.29 is 4.79 Å². The number of anilines is 2. The summed E-state index contributed by atoms with van der Waals surface area (Å²) < 4.78 is 0. The number of aromatic nitrogens is 1. The maximum Gasteiger partial charge on any atom is 0.221 e. The van der Waals surface area contributed by atoms with Crippen LogP contribution in [0.2, 0.25) is 10.0 Å². The van der Waals surface area contributed by atoms with E-state index in [1.54, 1.807) is 13.1 Å². The van der Waals surface area contributed by atoms with Crippen LogP contribution in [0.5, 0.6) is 0 Å². The van der Waals surface area contributed by atoms with E-state index in [1.165, 1.54) is 0 Å². The fourth-order valence-electron chi connectivity index (χ4n) is 1.47. The summed E-state index contributed by atoms with van der Waals surface area (Å²) in [5.41, 5.74) is 0.